The van der Waals surface area contributed by atoms with Gasteiger partial charge >= 0.3 is 5.97 Å². The lowest BCUT2D eigenvalue weighted by Gasteiger charge is -2.63. The van der Waals surface area contributed by atoms with E-state index in [0.29, 0.717) is 6.08 Å². The average Bonchev–Trinajstić information content (AvgIpc) is 3.16. The zero-order valence-corrected chi connectivity index (χ0v) is 36.0. The van der Waals surface area contributed by atoms with Crippen LogP contribution in [0.15, 0.2) is 12.2 Å². The third kappa shape index (κ3) is 8.27. The zero-order chi connectivity index (χ0) is 48.5. The monoisotopic (exact) mass is 866 g/mol. The number of rotatable bonds is 23. The smallest absolute Gasteiger partial charge is 0.324 e. The summed E-state index contributed by atoms with van der Waals surface area (Å²) in [5.41, 5.74) is 39.9. The quantitative estimate of drug-likeness (QED) is 0.0197. The van der Waals surface area contributed by atoms with E-state index in [2.05, 4.69) is 0 Å². The summed E-state index contributed by atoms with van der Waals surface area (Å²) < 4.78 is 12.3. The van der Waals surface area contributed by atoms with Gasteiger partial charge in [0.1, 0.15) is 11.5 Å². The molecule has 0 bridgehead atoms. The van der Waals surface area contributed by atoms with Gasteiger partial charge in [-0.05, 0) is 75.3 Å². The van der Waals surface area contributed by atoms with Gasteiger partial charge in [-0.2, -0.15) is 0 Å². The predicted molar refractivity (Wildman–Crippen MR) is 216 cm³/mol. The standard InChI is InChI=1S/C38H62N10O13/c1-13(39)23(49)32(58)34(24(50)14(2)40)11-12-35(25(51)15(3)41,60-33(59)22(10)48)38(31(57)21(9)47,37(34,29(55)19(7)45)30(56)20(8)46)61-36(26(52)16(4)42,27(53)17(5)43)28(54)18(6)44/h11-22H,39-48H2,1-10H3/t13-,14-,15-,16-,17-,18-,19-,20-,21-,22-,34?,35?,38?/m0/s1. The first-order valence-electron chi connectivity index (χ1n) is 19.2. The van der Waals surface area contributed by atoms with Gasteiger partial charge in [0, 0.05) is 0 Å². The molecule has 3 unspecified atom stereocenters. The second-order valence-electron chi connectivity index (χ2n) is 16.0. The molecule has 0 aromatic rings. The highest BCUT2D eigenvalue weighted by Crippen LogP contribution is 2.64. The van der Waals surface area contributed by atoms with Crippen LogP contribution in [0.2, 0.25) is 0 Å². The summed E-state index contributed by atoms with van der Waals surface area (Å²) in [6.45, 7) is 8.96. The van der Waals surface area contributed by atoms with Gasteiger partial charge in [0.2, 0.25) is 28.4 Å². The van der Waals surface area contributed by atoms with E-state index in [0.717, 1.165) is 69.2 Å². The van der Waals surface area contributed by atoms with Gasteiger partial charge in [-0.1, -0.05) is 6.08 Å². The van der Waals surface area contributed by atoms with Gasteiger partial charge in [0.05, 0.1) is 54.4 Å². The number of nitrogens with two attached hydrogens (primary N) is 10. The van der Waals surface area contributed by atoms with Gasteiger partial charge in [0.15, 0.2) is 51.7 Å². The Balaban J connectivity index is 6.07. The second-order valence-corrected chi connectivity index (χ2v) is 16.0. The molecule has 1 aliphatic carbocycles. The molecule has 0 saturated heterocycles. The van der Waals surface area contributed by atoms with Crippen LogP contribution in [-0.2, 0) is 62.2 Å². The number of Topliss-reactive ketones (excluding diaryl/α,β-unsaturated/α-hetero) is 10. The van der Waals surface area contributed by atoms with Crippen molar-refractivity contribution in [3.63, 3.8) is 0 Å². The van der Waals surface area contributed by atoms with Gasteiger partial charge in [-0.15, -0.1) is 0 Å². The van der Waals surface area contributed by atoms with E-state index in [9.17, 15) is 24.0 Å². The fraction of sp³-hybridized carbons (Fsp3) is 0.658. The third-order valence-corrected chi connectivity index (χ3v) is 10.3. The van der Waals surface area contributed by atoms with Crippen LogP contribution >= 0.6 is 0 Å². The second kappa shape index (κ2) is 19.2. The van der Waals surface area contributed by atoms with Crippen molar-refractivity contribution in [2.45, 2.75) is 146 Å². The maximum Gasteiger partial charge on any atom is 0.324 e. The first-order chi connectivity index (χ1) is 27.6. The van der Waals surface area contributed by atoms with Crippen LogP contribution in [-0.4, -0.2) is 141 Å². The van der Waals surface area contributed by atoms with Crippen LogP contribution in [0.3, 0.4) is 0 Å². The third-order valence-electron chi connectivity index (χ3n) is 10.3. The summed E-state index contributed by atoms with van der Waals surface area (Å²) in [6.07, 6.45) is 0.573. The van der Waals surface area contributed by atoms with Gasteiger partial charge in [-0.3, -0.25) is 52.7 Å². The highest BCUT2D eigenvalue weighted by molar-refractivity contribution is 6.48. The van der Waals surface area contributed by atoms with Crippen LogP contribution in [0.4, 0.5) is 0 Å². The van der Waals surface area contributed by atoms with Crippen molar-refractivity contribution in [3.8, 4) is 0 Å². The molecule has 23 nitrogen and oxygen atoms in total. The van der Waals surface area contributed by atoms with Crippen molar-refractivity contribution in [1.82, 2.24) is 0 Å². The van der Waals surface area contributed by atoms with Crippen molar-refractivity contribution in [2.75, 3.05) is 0 Å². The number of ether oxygens (including phenoxy) is 2. The molecule has 1 aliphatic rings. The molecule has 342 valence electrons. The lowest BCUT2D eigenvalue weighted by Crippen LogP contribution is -2.90. The van der Waals surface area contributed by atoms with Crippen molar-refractivity contribution in [3.05, 3.63) is 12.2 Å². The molecule has 0 saturated carbocycles. The van der Waals surface area contributed by atoms with Crippen LogP contribution in [0.1, 0.15) is 69.2 Å². The zero-order valence-electron chi connectivity index (χ0n) is 36.0. The number of allylic oxidation sites excluding steroid dienone is 1. The average molecular weight is 867 g/mol. The van der Waals surface area contributed by atoms with Gasteiger partial charge < -0.3 is 66.8 Å². The molecule has 0 amide bonds. The Labute approximate surface area is 352 Å². The Hall–Kier alpha value is -4.53. The Morgan fingerprint density at radius 3 is 1.05 bits per heavy atom. The largest absolute Gasteiger partial charge is 0.442 e. The first-order valence-corrected chi connectivity index (χ1v) is 19.2. The van der Waals surface area contributed by atoms with Crippen molar-refractivity contribution >= 4 is 63.8 Å². The van der Waals surface area contributed by atoms with Gasteiger partial charge in [-0.25, -0.2) is 0 Å². The SMILES string of the molecule is C[C@H](N)C(=O)OC1(C(=O)[C@H](C)N)C=CC(C(=O)C(=O)[C@H](C)N)(C(=O)[C@H](C)N)C(C(=O)[C@H](C)N)(C(=O)[C@H](C)N)C1(OC(C(=O)[C@H](C)N)(C(=O)[C@H](C)N)C(=O)[C@H](C)N)C(=O)[C@H](C)N. The highest BCUT2D eigenvalue weighted by atomic mass is 16.6. The molecular weight excluding hydrogens is 804 g/mol. The minimum atomic E-state index is -4.61. The summed E-state index contributed by atoms with van der Waals surface area (Å²) in [4.78, 5) is 166. The predicted octanol–water partition coefficient (Wildman–Crippen LogP) is -6.53. The molecule has 0 aliphatic heterocycles. The topological polar surface area (TPSA) is 466 Å². The van der Waals surface area contributed by atoms with E-state index in [1.54, 1.807) is 0 Å². The number of carbonyl (C=O) groups excluding carboxylic acids is 11. The Morgan fingerprint density at radius 2 is 0.770 bits per heavy atom. The molecule has 0 aromatic heterocycles. The maximum absolute atomic E-state index is 16.0. The highest BCUT2D eigenvalue weighted by Gasteiger charge is 2.89. The number of hydrogen-bond acceptors (Lipinski definition) is 23. The van der Waals surface area contributed by atoms with E-state index >= 15 is 28.8 Å². The molecule has 61 heavy (non-hydrogen) atoms. The minimum absolute atomic E-state index is 0.279. The van der Waals surface area contributed by atoms with Crippen LogP contribution in [0, 0.1) is 10.8 Å². The molecule has 0 spiro atoms. The molecule has 23 heteroatoms. The van der Waals surface area contributed by atoms with Gasteiger partial charge in [0.25, 0.3) is 0 Å². The fourth-order valence-corrected chi connectivity index (χ4v) is 7.57. The molecule has 13 atom stereocenters. The molecule has 0 aromatic carbocycles. The van der Waals surface area contributed by atoms with E-state index in [1.807, 2.05) is 0 Å². The van der Waals surface area contributed by atoms with Crippen molar-refractivity contribution < 1.29 is 62.2 Å². The summed E-state index contributed by atoms with van der Waals surface area (Å²) in [7, 11) is 0. The Kier molecular flexibility index (Phi) is 17.2. The number of esters is 1. The molecule has 0 radical (unpaired) electrons. The number of hydrogen-bond donors (Lipinski definition) is 10. The summed E-state index contributed by atoms with van der Waals surface area (Å²) >= 11 is 0. The van der Waals surface area contributed by atoms with Crippen LogP contribution < -0.4 is 57.3 Å². The lowest BCUT2D eigenvalue weighted by molar-refractivity contribution is -0.261. The van der Waals surface area contributed by atoms with Crippen molar-refractivity contribution in [1.29, 1.82) is 0 Å². The summed E-state index contributed by atoms with van der Waals surface area (Å²) in [5, 5.41) is 0. The van der Waals surface area contributed by atoms with E-state index in [4.69, 9.17) is 66.8 Å². The minimum Gasteiger partial charge on any atom is -0.442 e. The van der Waals surface area contributed by atoms with E-state index in [1.165, 1.54) is 0 Å². The maximum atomic E-state index is 16.0. The number of ketones is 10. The normalized spacial score (nSPS) is 26.1. The number of carbonyl (C=O) groups is 11. The molecule has 1 rings (SSSR count). The Morgan fingerprint density at radius 1 is 0.426 bits per heavy atom. The van der Waals surface area contributed by atoms with E-state index < -0.39 is 152 Å². The lowest BCUT2D eigenvalue weighted by atomic mass is 9.39. The fourth-order valence-electron chi connectivity index (χ4n) is 7.57. The summed E-state index contributed by atoms with van der Waals surface area (Å²) in [5.74, 6) is -20.7. The van der Waals surface area contributed by atoms with Crippen LogP contribution in [0.25, 0.3) is 0 Å². The van der Waals surface area contributed by atoms with Crippen molar-refractivity contribution in [2.24, 2.45) is 68.2 Å². The molecular formula is C38H62N10O13. The molecule has 20 N–H and O–H groups in total. The van der Waals surface area contributed by atoms with Crippen LogP contribution in [0.5, 0.6) is 0 Å². The Bertz CT molecular complexity index is 1820. The molecule has 0 heterocycles. The summed E-state index contributed by atoms with van der Waals surface area (Å²) in [6, 6.07) is -20.9. The van der Waals surface area contributed by atoms with E-state index in [-0.39, 0.29) is 6.08 Å². The first kappa shape index (κ1) is 54.5. The molecule has 0 fully saturated rings.